The van der Waals surface area contributed by atoms with Crippen molar-refractivity contribution in [3.05, 3.63) is 59.7 Å². The fraction of sp³-hybridized carbons (Fsp3) is 0.429. The molecule has 0 bridgehead atoms. The number of para-hydroxylation sites is 1. The molecule has 1 saturated heterocycles. The van der Waals surface area contributed by atoms with Crippen LogP contribution in [0.5, 0.6) is 0 Å². The minimum Gasteiger partial charge on any atom is -0.399 e. The van der Waals surface area contributed by atoms with Crippen LogP contribution in [0.3, 0.4) is 0 Å². The maximum atomic E-state index is 14.2. The standard InChI is InChI=1S/C21H26BF2NO2/c1-6-25(19-10-8-7-9-18(19)24)14-15-11-12-16(23)13-17(15)22-26-20(2,3)21(4,5)27-22/h7-13H,6,14H2,1-5H3. The van der Waals surface area contributed by atoms with E-state index in [1.807, 2.05) is 39.5 Å². The number of hydrogen-bond donors (Lipinski definition) is 0. The van der Waals surface area contributed by atoms with Crippen molar-refractivity contribution < 1.29 is 18.1 Å². The van der Waals surface area contributed by atoms with Gasteiger partial charge in [0.2, 0.25) is 0 Å². The predicted octanol–water partition coefficient (Wildman–Crippen LogP) is 4.29. The monoisotopic (exact) mass is 373 g/mol. The van der Waals surface area contributed by atoms with Crippen molar-refractivity contribution in [1.82, 2.24) is 0 Å². The van der Waals surface area contributed by atoms with E-state index in [2.05, 4.69) is 0 Å². The first-order chi connectivity index (χ1) is 12.6. The van der Waals surface area contributed by atoms with Crippen LogP contribution in [0.2, 0.25) is 0 Å². The normalized spacial score (nSPS) is 18.0. The van der Waals surface area contributed by atoms with Crippen LogP contribution in [-0.2, 0) is 15.9 Å². The Morgan fingerprint density at radius 3 is 2.19 bits per heavy atom. The second-order valence-electron chi connectivity index (χ2n) is 7.90. The van der Waals surface area contributed by atoms with Gasteiger partial charge in [-0.05, 0) is 69.9 Å². The Morgan fingerprint density at radius 1 is 0.963 bits per heavy atom. The molecule has 2 aromatic carbocycles. The minimum atomic E-state index is -0.667. The molecule has 0 atom stereocenters. The molecule has 0 amide bonds. The number of anilines is 1. The summed E-state index contributed by atoms with van der Waals surface area (Å²) in [4.78, 5) is 1.91. The molecule has 3 rings (SSSR count). The highest BCUT2D eigenvalue weighted by molar-refractivity contribution is 6.62. The van der Waals surface area contributed by atoms with Gasteiger partial charge < -0.3 is 14.2 Å². The fourth-order valence-electron chi connectivity index (χ4n) is 3.18. The molecule has 0 aliphatic carbocycles. The van der Waals surface area contributed by atoms with Crippen molar-refractivity contribution in [3.63, 3.8) is 0 Å². The quantitative estimate of drug-likeness (QED) is 0.730. The van der Waals surface area contributed by atoms with E-state index in [9.17, 15) is 8.78 Å². The Labute approximate surface area is 160 Å². The number of nitrogens with zero attached hydrogens (tertiary/aromatic N) is 1. The van der Waals surface area contributed by atoms with Crippen LogP contribution in [0, 0.1) is 11.6 Å². The summed E-state index contributed by atoms with van der Waals surface area (Å²) in [5.41, 5.74) is 0.974. The van der Waals surface area contributed by atoms with E-state index in [-0.39, 0.29) is 11.6 Å². The average molecular weight is 373 g/mol. The molecule has 0 N–H and O–H groups in total. The van der Waals surface area contributed by atoms with Gasteiger partial charge in [0.05, 0.1) is 16.9 Å². The highest BCUT2D eigenvalue weighted by Gasteiger charge is 2.52. The van der Waals surface area contributed by atoms with Gasteiger partial charge in [-0.3, -0.25) is 0 Å². The van der Waals surface area contributed by atoms with Gasteiger partial charge in [0.15, 0.2) is 0 Å². The first-order valence-electron chi connectivity index (χ1n) is 9.28. The molecule has 0 radical (unpaired) electrons. The third-order valence-corrected chi connectivity index (χ3v) is 5.55. The first kappa shape index (κ1) is 19.8. The van der Waals surface area contributed by atoms with E-state index in [4.69, 9.17) is 9.31 Å². The van der Waals surface area contributed by atoms with Crippen molar-refractivity contribution in [2.45, 2.75) is 52.4 Å². The highest BCUT2D eigenvalue weighted by Crippen LogP contribution is 2.37. The second kappa shape index (κ2) is 7.25. The SMILES string of the molecule is CCN(Cc1ccc(F)cc1B1OC(C)(C)C(C)(C)O1)c1ccccc1F. The highest BCUT2D eigenvalue weighted by atomic mass is 19.1. The van der Waals surface area contributed by atoms with E-state index >= 15 is 0 Å². The van der Waals surface area contributed by atoms with Crippen molar-refractivity contribution >= 4 is 18.3 Å². The van der Waals surface area contributed by atoms with Crippen LogP contribution >= 0.6 is 0 Å². The zero-order valence-corrected chi connectivity index (χ0v) is 16.6. The van der Waals surface area contributed by atoms with E-state index in [0.717, 1.165) is 5.56 Å². The van der Waals surface area contributed by atoms with Gasteiger partial charge in [-0.25, -0.2) is 8.78 Å². The third-order valence-electron chi connectivity index (χ3n) is 5.55. The summed E-state index contributed by atoms with van der Waals surface area (Å²) in [6.07, 6.45) is 0. The lowest BCUT2D eigenvalue weighted by atomic mass is 9.75. The van der Waals surface area contributed by atoms with Gasteiger partial charge in [0, 0.05) is 13.1 Å². The molecule has 1 aliphatic heterocycles. The van der Waals surface area contributed by atoms with Gasteiger partial charge >= 0.3 is 7.12 Å². The van der Waals surface area contributed by atoms with Gasteiger partial charge in [0.25, 0.3) is 0 Å². The molecule has 1 heterocycles. The van der Waals surface area contributed by atoms with E-state index in [1.54, 1.807) is 24.3 Å². The lowest BCUT2D eigenvalue weighted by Gasteiger charge is -2.32. The molecule has 144 valence electrons. The summed E-state index contributed by atoms with van der Waals surface area (Å²) in [6.45, 7) is 10.9. The zero-order valence-electron chi connectivity index (χ0n) is 16.6. The second-order valence-corrected chi connectivity index (χ2v) is 7.90. The molecule has 0 spiro atoms. The van der Waals surface area contributed by atoms with Crippen molar-refractivity contribution in [2.24, 2.45) is 0 Å². The Bertz CT molecular complexity index is 810. The van der Waals surface area contributed by atoms with Gasteiger partial charge in [-0.1, -0.05) is 18.2 Å². The van der Waals surface area contributed by atoms with Crippen molar-refractivity contribution in [3.8, 4) is 0 Å². The van der Waals surface area contributed by atoms with Crippen LogP contribution < -0.4 is 10.4 Å². The minimum absolute atomic E-state index is 0.279. The summed E-state index contributed by atoms with van der Waals surface area (Å²) in [5, 5.41) is 0. The van der Waals surface area contributed by atoms with E-state index < -0.39 is 18.3 Å². The molecule has 0 unspecified atom stereocenters. The summed E-state index contributed by atoms with van der Waals surface area (Å²) in [5.74, 6) is -0.629. The van der Waals surface area contributed by atoms with Crippen LogP contribution in [0.1, 0.15) is 40.2 Å². The van der Waals surface area contributed by atoms with E-state index in [1.165, 1.54) is 18.2 Å². The van der Waals surface area contributed by atoms with Gasteiger partial charge in [-0.2, -0.15) is 0 Å². The average Bonchev–Trinajstić information content (AvgIpc) is 2.82. The van der Waals surface area contributed by atoms with E-state index in [0.29, 0.717) is 24.2 Å². The molecule has 2 aromatic rings. The molecular formula is C21H26BF2NO2. The molecule has 27 heavy (non-hydrogen) atoms. The number of halogens is 2. The van der Waals surface area contributed by atoms with Crippen LogP contribution in [0.4, 0.5) is 14.5 Å². The summed E-state index contributed by atoms with van der Waals surface area (Å²) in [6, 6.07) is 11.3. The largest absolute Gasteiger partial charge is 0.495 e. The smallest absolute Gasteiger partial charge is 0.399 e. The fourth-order valence-corrected chi connectivity index (χ4v) is 3.18. The topological polar surface area (TPSA) is 21.7 Å². The molecule has 6 heteroatoms. The number of benzene rings is 2. The molecule has 3 nitrogen and oxygen atoms in total. The van der Waals surface area contributed by atoms with Crippen molar-refractivity contribution in [2.75, 3.05) is 11.4 Å². The summed E-state index contributed by atoms with van der Waals surface area (Å²) in [7, 11) is -0.667. The van der Waals surface area contributed by atoms with Crippen LogP contribution in [0.15, 0.2) is 42.5 Å². The Balaban J connectivity index is 1.94. The number of rotatable bonds is 5. The molecule has 1 aliphatic rings. The van der Waals surface area contributed by atoms with Gasteiger partial charge in [0.1, 0.15) is 11.6 Å². The van der Waals surface area contributed by atoms with Crippen molar-refractivity contribution in [1.29, 1.82) is 0 Å². The summed E-state index contributed by atoms with van der Waals surface area (Å²) < 4.78 is 40.5. The third kappa shape index (κ3) is 3.87. The maximum absolute atomic E-state index is 14.2. The molecule has 0 saturated carbocycles. The zero-order chi connectivity index (χ0) is 19.8. The molecular weight excluding hydrogens is 347 g/mol. The predicted molar refractivity (Wildman–Crippen MR) is 105 cm³/mol. The summed E-state index contributed by atoms with van der Waals surface area (Å²) >= 11 is 0. The molecule has 0 aromatic heterocycles. The lowest BCUT2D eigenvalue weighted by molar-refractivity contribution is 0.00578. The maximum Gasteiger partial charge on any atom is 0.495 e. The van der Waals surface area contributed by atoms with Gasteiger partial charge in [-0.15, -0.1) is 0 Å². The molecule has 1 fully saturated rings. The Morgan fingerprint density at radius 2 is 1.59 bits per heavy atom. The Kier molecular flexibility index (Phi) is 5.32. The lowest BCUT2D eigenvalue weighted by Crippen LogP contribution is -2.41. The van der Waals surface area contributed by atoms with Crippen LogP contribution in [0.25, 0.3) is 0 Å². The van der Waals surface area contributed by atoms with Crippen LogP contribution in [-0.4, -0.2) is 24.9 Å². The number of hydrogen-bond acceptors (Lipinski definition) is 3. The Hall–Kier alpha value is -1.92. The first-order valence-corrected chi connectivity index (χ1v) is 9.28.